The maximum atomic E-state index is 12.1. The predicted octanol–water partition coefficient (Wildman–Crippen LogP) is 4.08. The number of alkyl halides is 2. The highest BCUT2D eigenvalue weighted by Crippen LogP contribution is 2.63. The Bertz CT molecular complexity index is 489. The van der Waals surface area contributed by atoms with E-state index in [0.717, 1.165) is 10.9 Å². The molecule has 1 fully saturated rings. The summed E-state index contributed by atoms with van der Waals surface area (Å²) in [6.45, 7) is 3.78. The zero-order valence-corrected chi connectivity index (χ0v) is 13.9. The van der Waals surface area contributed by atoms with Crippen LogP contribution in [0.3, 0.4) is 0 Å². The minimum absolute atomic E-state index is 0.0511. The maximum Gasteiger partial charge on any atom is 0.229 e. The molecule has 0 heterocycles. The summed E-state index contributed by atoms with van der Waals surface area (Å²) in [7, 11) is 0. The molecule has 0 aliphatic heterocycles. The van der Waals surface area contributed by atoms with E-state index >= 15 is 0 Å². The lowest BCUT2D eigenvalue weighted by atomic mass is 10.0. The Morgan fingerprint density at radius 1 is 1.42 bits per heavy atom. The van der Waals surface area contributed by atoms with Crippen molar-refractivity contribution in [3.05, 3.63) is 34.3 Å². The van der Waals surface area contributed by atoms with Crippen molar-refractivity contribution in [2.45, 2.75) is 37.1 Å². The summed E-state index contributed by atoms with van der Waals surface area (Å²) in [6.07, 6.45) is 1.30. The van der Waals surface area contributed by atoms with Crippen molar-refractivity contribution < 1.29 is 4.79 Å². The van der Waals surface area contributed by atoms with Crippen molar-refractivity contribution in [1.82, 2.24) is 5.32 Å². The van der Waals surface area contributed by atoms with Crippen molar-refractivity contribution >= 4 is 45.0 Å². The second-order valence-electron chi connectivity index (χ2n) is 5.42. The van der Waals surface area contributed by atoms with Gasteiger partial charge in [-0.15, -0.1) is 23.2 Å². The van der Waals surface area contributed by atoms with Gasteiger partial charge in [-0.2, -0.15) is 0 Å². The lowest BCUT2D eigenvalue weighted by Gasteiger charge is -2.18. The molecule has 1 amide bonds. The van der Waals surface area contributed by atoms with Gasteiger partial charge in [-0.05, 0) is 44.4 Å². The fourth-order valence-corrected chi connectivity index (χ4v) is 3.02. The number of benzene rings is 1. The topological polar surface area (TPSA) is 29.1 Å². The molecule has 0 unspecified atom stereocenters. The molecule has 1 aromatic carbocycles. The fraction of sp³-hybridized carbons (Fsp3) is 0.500. The molecule has 1 N–H and O–H groups in total. The molecular formula is C14H16BrCl2NO. The third kappa shape index (κ3) is 3.26. The number of nitrogens with one attached hydrogen (secondary N) is 1. The quantitative estimate of drug-likeness (QED) is 0.801. The highest BCUT2D eigenvalue weighted by atomic mass is 79.9. The summed E-state index contributed by atoms with van der Waals surface area (Å²) >= 11 is 15.4. The SMILES string of the molecule is C[C@H](Cc1ccc(Br)cc1)NC(=O)[C@@]1(C)CC1(Cl)Cl. The Morgan fingerprint density at radius 3 is 2.42 bits per heavy atom. The van der Waals surface area contributed by atoms with Crippen molar-refractivity contribution in [1.29, 1.82) is 0 Å². The third-order valence-electron chi connectivity index (χ3n) is 3.59. The summed E-state index contributed by atoms with van der Waals surface area (Å²) in [5.74, 6) is -0.0675. The highest BCUT2D eigenvalue weighted by Gasteiger charge is 2.67. The molecule has 104 valence electrons. The Balaban J connectivity index is 1.90. The monoisotopic (exact) mass is 363 g/mol. The van der Waals surface area contributed by atoms with Crippen LogP contribution in [0.2, 0.25) is 0 Å². The molecule has 2 atom stereocenters. The van der Waals surface area contributed by atoms with Gasteiger partial charge in [0.2, 0.25) is 5.91 Å². The highest BCUT2D eigenvalue weighted by molar-refractivity contribution is 9.10. The summed E-state index contributed by atoms with van der Waals surface area (Å²) in [5.41, 5.74) is 0.532. The van der Waals surface area contributed by atoms with Crippen LogP contribution >= 0.6 is 39.1 Å². The maximum absolute atomic E-state index is 12.1. The summed E-state index contributed by atoms with van der Waals surface area (Å²) in [4.78, 5) is 12.1. The summed E-state index contributed by atoms with van der Waals surface area (Å²) in [6, 6.07) is 8.12. The van der Waals surface area contributed by atoms with E-state index in [2.05, 4.69) is 21.2 Å². The Hall–Kier alpha value is -0.250. The summed E-state index contributed by atoms with van der Waals surface area (Å²) in [5, 5.41) is 2.98. The molecule has 1 saturated carbocycles. The van der Waals surface area contributed by atoms with Crippen LogP contribution in [0, 0.1) is 5.41 Å². The molecule has 2 nitrogen and oxygen atoms in total. The molecule has 1 aromatic rings. The first kappa shape index (κ1) is 15.1. The average molecular weight is 365 g/mol. The van der Waals surface area contributed by atoms with E-state index in [4.69, 9.17) is 23.2 Å². The fourth-order valence-electron chi connectivity index (χ4n) is 2.05. The van der Waals surface area contributed by atoms with E-state index in [0.29, 0.717) is 6.42 Å². The van der Waals surface area contributed by atoms with Gasteiger partial charge in [0.1, 0.15) is 4.33 Å². The minimum Gasteiger partial charge on any atom is -0.353 e. The van der Waals surface area contributed by atoms with Gasteiger partial charge in [0.15, 0.2) is 0 Å². The van der Waals surface area contributed by atoms with E-state index in [1.54, 1.807) is 6.92 Å². The number of rotatable bonds is 4. The van der Waals surface area contributed by atoms with Crippen LogP contribution in [0.25, 0.3) is 0 Å². The number of carbonyl (C=O) groups is 1. The molecule has 19 heavy (non-hydrogen) atoms. The Labute approximate surface area is 132 Å². The van der Waals surface area contributed by atoms with Crippen LogP contribution < -0.4 is 5.32 Å². The number of hydrogen-bond donors (Lipinski definition) is 1. The van der Waals surface area contributed by atoms with Crippen LogP contribution in [0.15, 0.2) is 28.7 Å². The first-order chi connectivity index (χ1) is 8.74. The Kier molecular flexibility index (Phi) is 4.20. The van der Waals surface area contributed by atoms with Crippen LogP contribution in [0.1, 0.15) is 25.8 Å². The van der Waals surface area contributed by atoms with E-state index in [1.165, 1.54) is 5.56 Å². The number of hydrogen-bond acceptors (Lipinski definition) is 1. The van der Waals surface area contributed by atoms with Gasteiger partial charge in [-0.3, -0.25) is 4.79 Å². The Morgan fingerprint density at radius 2 is 1.95 bits per heavy atom. The minimum atomic E-state index is -0.908. The van der Waals surface area contributed by atoms with E-state index in [9.17, 15) is 4.79 Å². The molecular weight excluding hydrogens is 349 g/mol. The standard InChI is InChI=1S/C14H16BrCl2NO/c1-9(7-10-3-5-11(15)6-4-10)18-12(19)13(2)8-14(13,16)17/h3-6,9H,7-8H2,1-2H3,(H,18,19)/t9-,13-/m1/s1. The average Bonchev–Trinajstić information content (AvgIpc) is 2.83. The van der Waals surface area contributed by atoms with Crippen LogP contribution in [-0.2, 0) is 11.2 Å². The number of halogens is 3. The smallest absolute Gasteiger partial charge is 0.229 e. The zero-order valence-electron chi connectivity index (χ0n) is 10.8. The third-order valence-corrected chi connectivity index (χ3v) is 5.22. The van der Waals surface area contributed by atoms with Crippen molar-refractivity contribution in [2.24, 2.45) is 5.41 Å². The molecule has 5 heteroatoms. The molecule has 0 bridgehead atoms. The van der Waals surface area contributed by atoms with E-state index < -0.39 is 9.75 Å². The molecule has 0 spiro atoms. The largest absolute Gasteiger partial charge is 0.353 e. The van der Waals surface area contributed by atoms with E-state index in [-0.39, 0.29) is 11.9 Å². The van der Waals surface area contributed by atoms with Crippen LogP contribution in [0.5, 0.6) is 0 Å². The van der Waals surface area contributed by atoms with Crippen molar-refractivity contribution in [2.75, 3.05) is 0 Å². The predicted molar refractivity (Wildman–Crippen MR) is 82.6 cm³/mol. The van der Waals surface area contributed by atoms with Gasteiger partial charge < -0.3 is 5.32 Å². The van der Waals surface area contributed by atoms with Gasteiger partial charge in [0, 0.05) is 10.5 Å². The molecule has 0 radical (unpaired) electrons. The first-order valence-electron chi connectivity index (χ1n) is 6.18. The van der Waals surface area contributed by atoms with Gasteiger partial charge >= 0.3 is 0 Å². The molecule has 1 aliphatic carbocycles. The van der Waals surface area contributed by atoms with Crippen molar-refractivity contribution in [3.63, 3.8) is 0 Å². The number of carbonyl (C=O) groups excluding carboxylic acids is 1. The molecule has 2 rings (SSSR count). The first-order valence-corrected chi connectivity index (χ1v) is 7.73. The van der Waals surface area contributed by atoms with E-state index in [1.807, 2.05) is 31.2 Å². The zero-order chi connectivity index (χ0) is 14.3. The van der Waals surface area contributed by atoms with Crippen LogP contribution in [-0.4, -0.2) is 16.3 Å². The second-order valence-corrected chi connectivity index (χ2v) is 7.82. The van der Waals surface area contributed by atoms with Gasteiger partial charge in [0.25, 0.3) is 0 Å². The summed E-state index contributed by atoms with van der Waals surface area (Å²) < 4.78 is 0.140. The number of amides is 1. The lowest BCUT2D eigenvalue weighted by molar-refractivity contribution is -0.126. The van der Waals surface area contributed by atoms with Crippen molar-refractivity contribution in [3.8, 4) is 0 Å². The van der Waals surface area contributed by atoms with Gasteiger partial charge in [0.05, 0.1) is 5.41 Å². The molecule has 0 saturated heterocycles. The normalized spacial score (nSPS) is 25.7. The lowest BCUT2D eigenvalue weighted by Crippen LogP contribution is -2.40. The van der Waals surface area contributed by atoms with Gasteiger partial charge in [-0.25, -0.2) is 0 Å². The van der Waals surface area contributed by atoms with Gasteiger partial charge in [-0.1, -0.05) is 28.1 Å². The second kappa shape index (κ2) is 5.27. The molecule has 1 aliphatic rings. The molecule has 0 aromatic heterocycles. The van der Waals surface area contributed by atoms with Crippen LogP contribution in [0.4, 0.5) is 0 Å².